The Morgan fingerprint density at radius 3 is 2.76 bits per heavy atom. The number of halogens is 1. The Bertz CT molecular complexity index is 224. The maximum absolute atomic E-state index is 4.65. The third-order valence-corrected chi connectivity index (χ3v) is 4.09. The van der Waals surface area contributed by atoms with Crippen LogP contribution < -0.4 is 5.32 Å². The summed E-state index contributed by atoms with van der Waals surface area (Å²) in [6.07, 6.45) is 2.38. The minimum atomic E-state index is 0. The van der Waals surface area contributed by atoms with Gasteiger partial charge in [-0.25, -0.2) is 0 Å². The van der Waals surface area contributed by atoms with Crippen molar-refractivity contribution in [3.8, 4) is 0 Å². The molecule has 0 amide bonds. The highest BCUT2D eigenvalue weighted by Gasteiger charge is 2.21. The maximum atomic E-state index is 4.65. The fourth-order valence-electron chi connectivity index (χ4n) is 1.80. The summed E-state index contributed by atoms with van der Waals surface area (Å²) in [6.45, 7) is 10.8. The van der Waals surface area contributed by atoms with E-state index in [0.29, 0.717) is 0 Å². The van der Waals surface area contributed by atoms with Gasteiger partial charge in [0, 0.05) is 37.2 Å². The van der Waals surface area contributed by atoms with Crippen molar-refractivity contribution in [2.24, 2.45) is 4.99 Å². The van der Waals surface area contributed by atoms with Crippen LogP contribution in [0.3, 0.4) is 0 Å². The highest BCUT2D eigenvalue weighted by Crippen LogP contribution is 2.20. The molecule has 0 aromatic heterocycles. The molecule has 1 fully saturated rings. The van der Waals surface area contributed by atoms with Crippen LogP contribution in [-0.4, -0.2) is 48.0 Å². The van der Waals surface area contributed by atoms with Crippen molar-refractivity contribution in [3.63, 3.8) is 0 Å². The van der Waals surface area contributed by atoms with E-state index in [2.05, 4.69) is 47.7 Å². The van der Waals surface area contributed by atoms with Crippen LogP contribution in [0.25, 0.3) is 0 Å². The van der Waals surface area contributed by atoms with E-state index < -0.39 is 0 Å². The van der Waals surface area contributed by atoms with Gasteiger partial charge in [0.2, 0.25) is 0 Å². The van der Waals surface area contributed by atoms with Crippen LogP contribution in [0.2, 0.25) is 0 Å². The van der Waals surface area contributed by atoms with Gasteiger partial charge in [-0.2, -0.15) is 11.8 Å². The molecule has 3 nitrogen and oxygen atoms in total. The number of nitrogens with zero attached hydrogens (tertiary/aromatic N) is 2. The van der Waals surface area contributed by atoms with Crippen LogP contribution in [0.4, 0.5) is 0 Å². The van der Waals surface area contributed by atoms with Crippen LogP contribution in [0.15, 0.2) is 4.99 Å². The van der Waals surface area contributed by atoms with Gasteiger partial charge in [-0.1, -0.05) is 13.8 Å². The zero-order valence-electron chi connectivity index (χ0n) is 11.2. The van der Waals surface area contributed by atoms with Crippen LogP contribution in [0.1, 0.15) is 33.6 Å². The minimum Gasteiger partial charge on any atom is -0.357 e. The second kappa shape index (κ2) is 10.3. The molecule has 5 heteroatoms. The predicted octanol–water partition coefficient (Wildman–Crippen LogP) is 2.81. The molecule has 1 saturated heterocycles. The maximum Gasteiger partial charge on any atom is 0.193 e. The monoisotopic (exact) mass is 371 g/mol. The number of hydrogen-bond donors (Lipinski definition) is 1. The minimum absolute atomic E-state index is 0. The van der Waals surface area contributed by atoms with Crippen LogP contribution >= 0.6 is 35.7 Å². The summed E-state index contributed by atoms with van der Waals surface area (Å²) in [4.78, 5) is 7.07. The topological polar surface area (TPSA) is 27.6 Å². The van der Waals surface area contributed by atoms with Crippen molar-refractivity contribution in [3.05, 3.63) is 0 Å². The molecule has 0 radical (unpaired) electrons. The molecule has 1 atom stereocenters. The number of guanidine groups is 1. The molecule has 1 N–H and O–H groups in total. The lowest BCUT2D eigenvalue weighted by atomic mass is 10.3. The Kier molecular flexibility index (Phi) is 10.5. The van der Waals surface area contributed by atoms with Gasteiger partial charge in [0.25, 0.3) is 0 Å². The first-order valence-electron chi connectivity index (χ1n) is 6.46. The van der Waals surface area contributed by atoms with Crippen LogP contribution in [-0.2, 0) is 0 Å². The van der Waals surface area contributed by atoms with Gasteiger partial charge in [-0.15, -0.1) is 24.0 Å². The first-order valence-corrected chi connectivity index (χ1v) is 7.51. The van der Waals surface area contributed by atoms with E-state index >= 15 is 0 Å². The van der Waals surface area contributed by atoms with E-state index in [4.69, 9.17) is 0 Å². The highest BCUT2D eigenvalue weighted by molar-refractivity contribution is 14.0. The average Bonchev–Trinajstić information content (AvgIpc) is 2.34. The molecule has 0 aromatic rings. The van der Waals surface area contributed by atoms with Crippen molar-refractivity contribution in [1.82, 2.24) is 10.2 Å². The largest absolute Gasteiger partial charge is 0.357 e. The molecule has 17 heavy (non-hydrogen) atoms. The SMILES string of the molecule is CCCN=C(NCC)N1CCSC(CC)C1.I. The van der Waals surface area contributed by atoms with E-state index in [9.17, 15) is 0 Å². The second-order valence-electron chi connectivity index (χ2n) is 4.08. The van der Waals surface area contributed by atoms with E-state index in [1.807, 2.05) is 0 Å². The molecule has 1 heterocycles. The van der Waals surface area contributed by atoms with Crippen molar-refractivity contribution in [2.45, 2.75) is 38.9 Å². The molecule has 0 bridgehead atoms. The number of rotatable bonds is 4. The van der Waals surface area contributed by atoms with Crippen LogP contribution in [0, 0.1) is 0 Å². The van der Waals surface area contributed by atoms with Gasteiger partial charge >= 0.3 is 0 Å². The number of nitrogens with one attached hydrogen (secondary N) is 1. The normalized spacial score (nSPS) is 21.0. The summed E-state index contributed by atoms with van der Waals surface area (Å²) in [7, 11) is 0. The number of thioether (sulfide) groups is 1. The molecular weight excluding hydrogens is 345 g/mol. The summed E-state index contributed by atoms with van der Waals surface area (Å²) in [5.41, 5.74) is 0. The van der Waals surface area contributed by atoms with Gasteiger partial charge in [0.05, 0.1) is 0 Å². The Morgan fingerprint density at radius 2 is 2.18 bits per heavy atom. The molecule has 1 aliphatic heterocycles. The van der Waals surface area contributed by atoms with Gasteiger partial charge in [0.1, 0.15) is 0 Å². The molecule has 1 unspecified atom stereocenters. The Labute approximate surface area is 127 Å². The Hall–Kier alpha value is 0.350. The fourth-order valence-corrected chi connectivity index (χ4v) is 2.98. The molecule has 0 aromatic carbocycles. The third-order valence-electron chi connectivity index (χ3n) is 2.71. The molecule has 1 rings (SSSR count). The van der Waals surface area contributed by atoms with Gasteiger partial charge in [-0.3, -0.25) is 4.99 Å². The summed E-state index contributed by atoms with van der Waals surface area (Å²) in [5.74, 6) is 2.35. The highest BCUT2D eigenvalue weighted by atomic mass is 127. The number of hydrogen-bond acceptors (Lipinski definition) is 2. The van der Waals surface area contributed by atoms with E-state index in [1.165, 1.54) is 12.2 Å². The van der Waals surface area contributed by atoms with Gasteiger partial charge < -0.3 is 10.2 Å². The molecule has 102 valence electrons. The van der Waals surface area contributed by atoms with Crippen molar-refractivity contribution >= 4 is 41.7 Å². The summed E-state index contributed by atoms with van der Waals surface area (Å²) >= 11 is 2.10. The average molecular weight is 371 g/mol. The second-order valence-corrected chi connectivity index (χ2v) is 5.49. The predicted molar refractivity (Wildman–Crippen MR) is 89.8 cm³/mol. The molecule has 0 aliphatic carbocycles. The third kappa shape index (κ3) is 6.18. The fraction of sp³-hybridized carbons (Fsp3) is 0.917. The molecule has 1 aliphatic rings. The summed E-state index contributed by atoms with van der Waals surface area (Å²) in [5, 5.41) is 4.18. The first-order chi connectivity index (χ1) is 7.81. The van der Waals surface area contributed by atoms with Gasteiger partial charge in [-0.05, 0) is 19.8 Å². The first kappa shape index (κ1) is 17.4. The summed E-state index contributed by atoms with van der Waals surface area (Å²) in [6, 6.07) is 0. The van der Waals surface area contributed by atoms with E-state index in [-0.39, 0.29) is 24.0 Å². The van der Waals surface area contributed by atoms with Crippen molar-refractivity contribution < 1.29 is 0 Å². The van der Waals surface area contributed by atoms with E-state index in [0.717, 1.165) is 43.8 Å². The molecular formula is C12H26IN3S. The van der Waals surface area contributed by atoms with Crippen molar-refractivity contribution in [2.75, 3.05) is 31.9 Å². The zero-order valence-corrected chi connectivity index (χ0v) is 14.4. The smallest absolute Gasteiger partial charge is 0.193 e. The van der Waals surface area contributed by atoms with Gasteiger partial charge in [0.15, 0.2) is 5.96 Å². The lowest BCUT2D eigenvalue weighted by Gasteiger charge is -2.34. The van der Waals surface area contributed by atoms with E-state index in [1.54, 1.807) is 0 Å². The number of aliphatic imine (C=N–C) groups is 1. The summed E-state index contributed by atoms with van der Waals surface area (Å²) < 4.78 is 0. The van der Waals surface area contributed by atoms with Crippen molar-refractivity contribution in [1.29, 1.82) is 0 Å². The zero-order chi connectivity index (χ0) is 11.8. The molecule has 0 saturated carbocycles. The lowest BCUT2D eigenvalue weighted by molar-refractivity contribution is 0.408. The Morgan fingerprint density at radius 1 is 1.41 bits per heavy atom. The Balaban J connectivity index is 0.00000256. The molecule has 0 spiro atoms. The standard InChI is InChI=1S/C12H25N3S.HI/c1-4-7-14-12(13-6-3)15-8-9-16-11(5-2)10-15;/h11H,4-10H2,1-3H3,(H,13,14);1H. The lowest BCUT2D eigenvalue weighted by Crippen LogP contribution is -2.48. The van der Waals surface area contributed by atoms with Crippen LogP contribution in [0.5, 0.6) is 0 Å². The quantitative estimate of drug-likeness (QED) is 0.468.